The van der Waals surface area contributed by atoms with Crippen LogP contribution in [0.3, 0.4) is 0 Å². The van der Waals surface area contributed by atoms with Crippen LogP contribution in [-0.4, -0.2) is 54.7 Å². The number of phenolic OH excluding ortho intramolecular Hbond substituents is 1. The fourth-order valence-electron chi connectivity index (χ4n) is 6.03. The van der Waals surface area contributed by atoms with Gasteiger partial charge in [-0.1, -0.05) is 23.8 Å². The van der Waals surface area contributed by atoms with Crippen LogP contribution in [0, 0.1) is 23.7 Å². The molecule has 8 nitrogen and oxygen atoms in total. The van der Waals surface area contributed by atoms with Gasteiger partial charge < -0.3 is 14.6 Å². The molecule has 1 heterocycles. The van der Waals surface area contributed by atoms with E-state index in [2.05, 4.69) is 0 Å². The summed E-state index contributed by atoms with van der Waals surface area (Å²) in [6.45, 7) is 1.62. The number of carbonyl (C=O) groups is 4. The number of ketones is 2. The van der Waals surface area contributed by atoms with Crippen LogP contribution in [0.4, 0.5) is 0 Å². The van der Waals surface area contributed by atoms with Gasteiger partial charge in [-0.2, -0.15) is 0 Å². The average molecular weight is 490 g/mol. The van der Waals surface area contributed by atoms with E-state index >= 15 is 0 Å². The Hall–Kier alpha value is -3.94. The van der Waals surface area contributed by atoms with Crippen molar-refractivity contribution in [1.29, 1.82) is 0 Å². The molecule has 1 aromatic carbocycles. The van der Waals surface area contributed by atoms with Crippen molar-refractivity contribution in [3.63, 3.8) is 0 Å². The predicted molar refractivity (Wildman–Crippen MR) is 130 cm³/mol. The molecule has 0 aromatic heterocycles. The molecule has 3 aliphatic carbocycles. The van der Waals surface area contributed by atoms with E-state index < -0.39 is 17.8 Å². The summed E-state index contributed by atoms with van der Waals surface area (Å²) >= 11 is 0. The highest BCUT2D eigenvalue weighted by molar-refractivity contribution is 6.23. The topological polar surface area (TPSA) is 110 Å². The molecular weight excluding hydrogens is 462 g/mol. The monoisotopic (exact) mass is 489 g/mol. The highest BCUT2D eigenvalue weighted by Crippen LogP contribution is 2.52. The molecule has 0 bridgehead atoms. The Labute approximate surface area is 208 Å². The van der Waals surface area contributed by atoms with Gasteiger partial charge in [-0.25, -0.2) is 0 Å². The summed E-state index contributed by atoms with van der Waals surface area (Å²) in [5.74, 6) is -2.36. The van der Waals surface area contributed by atoms with Gasteiger partial charge in [0.15, 0.2) is 23.1 Å². The predicted octanol–water partition coefficient (Wildman–Crippen LogP) is 3.01. The number of allylic oxidation sites excluding steroid dienone is 7. The molecule has 4 atom stereocenters. The Balaban J connectivity index is 1.62. The number of imide groups is 1. The first-order valence-corrected chi connectivity index (χ1v) is 11.8. The number of aromatic hydroxyl groups is 1. The van der Waals surface area contributed by atoms with Crippen LogP contribution < -0.4 is 9.47 Å². The molecule has 1 aromatic rings. The van der Waals surface area contributed by atoms with Gasteiger partial charge in [0.2, 0.25) is 17.6 Å². The molecular formula is C28H27NO7. The van der Waals surface area contributed by atoms with Crippen LogP contribution >= 0.6 is 0 Å². The van der Waals surface area contributed by atoms with Gasteiger partial charge in [-0.05, 0) is 49.5 Å². The van der Waals surface area contributed by atoms with Crippen LogP contribution in [0.15, 0.2) is 52.7 Å². The number of Topliss-reactive ketones (excluding diaryl/α,β-unsaturated/α-hetero) is 1. The number of likely N-dealkylation sites (tertiary alicyclic amines) is 1. The zero-order valence-corrected chi connectivity index (χ0v) is 20.5. The highest BCUT2D eigenvalue weighted by atomic mass is 16.5. The number of fused-ring (bicyclic) bond motifs is 3. The molecule has 1 aliphatic heterocycles. The lowest BCUT2D eigenvalue weighted by Crippen LogP contribution is -2.39. The number of methoxy groups -OCH3 is 2. The van der Waals surface area contributed by atoms with Crippen molar-refractivity contribution in [1.82, 2.24) is 4.90 Å². The standard InChI is InChI=1S/C28H27NO7/c1-13-9-20(30)23-16(6-5-14-10-21(35-3)26(32)22(11-14)36-4)15-7-8-17-24(28(34)29(2)27(17)33)18(15)12-19(23)25(13)31/h5-7,9-11,16-18,24,32H,8,12H2,1-4H3/t16-,17-,18+,24-/m0/s1. The lowest BCUT2D eigenvalue weighted by Gasteiger charge is -2.41. The second-order valence-corrected chi connectivity index (χ2v) is 9.64. The average Bonchev–Trinajstić information content (AvgIpc) is 3.09. The van der Waals surface area contributed by atoms with Crippen molar-refractivity contribution in [3.05, 3.63) is 58.2 Å². The molecule has 5 rings (SSSR count). The molecule has 1 N–H and O–H groups in total. The maximum atomic E-state index is 13.2. The molecule has 186 valence electrons. The first-order valence-electron chi connectivity index (χ1n) is 11.8. The molecule has 36 heavy (non-hydrogen) atoms. The van der Waals surface area contributed by atoms with Gasteiger partial charge in [0.1, 0.15) is 0 Å². The van der Waals surface area contributed by atoms with Crippen LogP contribution in [0.1, 0.15) is 25.3 Å². The Morgan fingerprint density at radius 1 is 1.03 bits per heavy atom. The normalized spacial score (nSPS) is 27.6. The first kappa shape index (κ1) is 23.8. The summed E-state index contributed by atoms with van der Waals surface area (Å²) in [6, 6.07) is 3.28. The van der Waals surface area contributed by atoms with Gasteiger partial charge in [0.25, 0.3) is 0 Å². The van der Waals surface area contributed by atoms with Crippen molar-refractivity contribution in [2.45, 2.75) is 19.8 Å². The van der Waals surface area contributed by atoms with E-state index in [1.165, 1.54) is 32.2 Å². The number of benzene rings is 1. The summed E-state index contributed by atoms with van der Waals surface area (Å²) in [6.07, 6.45) is 7.64. The minimum atomic E-state index is -0.546. The first-order chi connectivity index (χ1) is 17.2. The molecule has 0 radical (unpaired) electrons. The van der Waals surface area contributed by atoms with E-state index in [0.29, 0.717) is 28.7 Å². The Kier molecular flexibility index (Phi) is 5.70. The van der Waals surface area contributed by atoms with E-state index in [1.807, 2.05) is 12.2 Å². The molecule has 2 amide bonds. The van der Waals surface area contributed by atoms with Crippen molar-refractivity contribution in [2.75, 3.05) is 21.3 Å². The number of rotatable bonds is 4. The molecule has 0 saturated carbocycles. The minimum absolute atomic E-state index is 0.122. The Morgan fingerprint density at radius 2 is 1.69 bits per heavy atom. The van der Waals surface area contributed by atoms with Gasteiger partial charge in [0, 0.05) is 29.7 Å². The summed E-state index contributed by atoms with van der Waals surface area (Å²) in [5, 5.41) is 10.2. The van der Waals surface area contributed by atoms with Crippen LogP contribution in [0.25, 0.3) is 6.08 Å². The lowest BCUT2D eigenvalue weighted by molar-refractivity contribution is -0.138. The van der Waals surface area contributed by atoms with E-state index in [1.54, 1.807) is 25.1 Å². The molecule has 8 heteroatoms. The van der Waals surface area contributed by atoms with Gasteiger partial charge in [0.05, 0.1) is 26.1 Å². The van der Waals surface area contributed by atoms with Crippen LogP contribution in [0.5, 0.6) is 17.2 Å². The number of nitrogens with zero attached hydrogens (tertiary/aromatic N) is 1. The van der Waals surface area contributed by atoms with Crippen molar-refractivity contribution in [3.8, 4) is 17.2 Å². The van der Waals surface area contributed by atoms with Crippen molar-refractivity contribution in [2.24, 2.45) is 23.7 Å². The molecule has 4 aliphatic rings. The third-order valence-corrected chi connectivity index (χ3v) is 7.81. The number of ether oxygens (including phenoxy) is 2. The zero-order chi connectivity index (χ0) is 25.9. The number of phenols is 1. The van der Waals surface area contributed by atoms with E-state index in [-0.39, 0.29) is 53.0 Å². The highest BCUT2D eigenvalue weighted by Gasteiger charge is 2.54. The van der Waals surface area contributed by atoms with E-state index in [9.17, 15) is 24.3 Å². The second-order valence-electron chi connectivity index (χ2n) is 9.64. The Bertz CT molecular complexity index is 1320. The third kappa shape index (κ3) is 3.43. The minimum Gasteiger partial charge on any atom is -0.502 e. The smallest absolute Gasteiger partial charge is 0.233 e. The summed E-state index contributed by atoms with van der Waals surface area (Å²) < 4.78 is 10.5. The van der Waals surface area contributed by atoms with Crippen molar-refractivity contribution < 1.29 is 33.8 Å². The lowest BCUT2D eigenvalue weighted by atomic mass is 9.60. The molecule has 0 unspecified atom stereocenters. The van der Waals surface area contributed by atoms with Gasteiger partial charge in [-0.3, -0.25) is 24.1 Å². The second kappa shape index (κ2) is 8.62. The van der Waals surface area contributed by atoms with Gasteiger partial charge in [-0.15, -0.1) is 0 Å². The van der Waals surface area contributed by atoms with Crippen LogP contribution in [-0.2, 0) is 19.2 Å². The fourth-order valence-corrected chi connectivity index (χ4v) is 6.03. The molecule has 1 fully saturated rings. The van der Waals surface area contributed by atoms with E-state index in [4.69, 9.17) is 9.47 Å². The zero-order valence-electron chi connectivity index (χ0n) is 20.5. The summed E-state index contributed by atoms with van der Waals surface area (Å²) in [7, 11) is 4.37. The Morgan fingerprint density at radius 3 is 2.33 bits per heavy atom. The summed E-state index contributed by atoms with van der Waals surface area (Å²) in [5.41, 5.74) is 2.77. The molecule has 1 saturated heterocycles. The number of carbonyl (C=O) groups excluding carboxylic acids is 4. The van der Waals surface area contributed by atoms with Crippen molar-refractivity contribution >= 4 is 29.5 Å². The number of hydrogen-bond donors (Lipinski definition) is 1. The van der Waals surface area contributed by atoms with E-state index in [0.717, 1.165) is 5.57 Å². The largest absolute Gasteiger partial charge is 0.502 e. The summed E-state index contributed by atoms with van der Waals surface area (Å²) in [4.78, 5) is 53.3. The number of amides is 2. The maximum absolute atomic E-state index is 13.2. The quantitative estimate of drug-likeness (QED) is 0.393. The van der Waals surface area contributed by atoms with Gasteiger partial charge >= 0.3 is 0 Å². The SMILES string of the molecule is COc1cc(C=C[C@H]2C3=CC[C@@H]4C(=O)N(C)C(=O)[C@@H]4[C@@H]3CC3=C2C(=O)C=C(C)C3=O)cc(OC)c1O. The van der Waals surface area contributed by atoms with Crippen LogP contribution in [0.2, 0.25) is 0 Å². The fraction of sp³-hybridized carbons (Fsp3) is 0.357. The maximum Gasteiger partial charge on any atom is 0.233 e. The molecule has 0 spiro atoms. The number of hydrogen-bond acceptors (Lipinski definition) is 7. The third-order valence-electron chi connectivity index (χ3n) is 7.81.